The number of morpholine rings is 1. The van der Waals surface area contributed by atoms with E-state index in [0.29, 0.717) is 49.7 Å². The first-order valence-corrected chi connectivity index (χ1v) is 14.6. The van der Waals surface area contributed by atoms with Crippen molar-refractivity contribution in [1.82, 2.24) is 8.87 Å². The van der Waals surface area contributed by atoms with Crippen molar-refractivity contribution in [2.75, 3.05) is 38.3 Å². The van der Waals surface area contributed by atoms with Crippen molar-refractivity contribution in [1.29, 1.82) is 0 Å². The molecule has 0 radical (unpaired) electrons. The SMILES string of the molecule is CN1C(=O)C(=Cc2cn(Cc3ccc(Br)cc3)c3ccccc23)c2cc(S(=O)(=O)N3CCOCC3)ccc21. The van der Waals surface area contributed by atoms with Gasteiger partial charge in [-0.15, -0.1) is 0 Å². The third-order valence-corrected chi connectivity index (χ3v) is 9.57. The van der Waals surface area contributed by atoms with Crippen LogP contribution in [0.1, 0.15) is 16.7 Å². The Labute approximate surface area is 230 Å². The van der Waals surface area contributed by atoms with Crippen LogP contribution < -0.4 is 4.90 Å². The largest absolute Gasteiger partial charge is 0.379 e. The number of hydrogen-bond acceptors (Lipinski definition) is 4. The minimum absolute atomic E-state index is 0.161. The molecule has 1 amide bonds. The van der Waals surface area contributed by atoms with Crippen LogP contribution in [0.15, 0.2) is 82.3 Å². The number of sulfonamides is 1. The monoisotopic (exact) mass is 591 g/mol. The molecule has 2 aliphatic heterocycles. The van der Waals surface area contributed by atoms with Gasteiger partial charge in [0.2, 0.25) is 10.0 Å². The Kier molecular flexibility index (Phi) is 6.47. The number of carbonyl (C=O) groups excluding carboxylic acids is 1. The summed E-state index contributed by atoms with van der Waals surface area (Å²) in [6.45, 7) is 2.07. The van der Waals surface area contributed by atoms with Crippen LogP contribution in [-0.2, 0) is 26.1 Å². The predicted octanol–water partition coefficient (Wildman–Crippen LogP) is 4.99. The Morgan fingerprint density at radius 1 is 1.00 bits per heavy atom. The van der Waals surface area contributed by atoms with E-state index in [1.54, 1.807) is 30.1 Å². The minimum Gasteiger partial charge on any atom is -0.379 e. The van der Waals surface area contributed by atoms with Crippen LogP contribution in [0.4, 0.5) is 5.69 Å². The number of ether oxygens (including phenoxy) is 1. The van der Waals surface area contributed by atoms with Gasteiger partial charge in [0, 0.05) is 65.0 Å². The highest BCUT2D eigenvalue weighted by Crippen LogP contribution is 2.39. The smallest absolute Gasteiger partial charge is 0.258 e. The molecule has 4 aromatic rings. The van der Waals surface area contributed by atoms with E-state index < -0.39 is 10.0 Å². The second-order valence-electron chi connectivity index (χ2n) is 9.47. The molecule has 38 heavy (non-hydrogen) atoms. The van der Waals surface area contributed by atoms with Crippen molar-refractivity contribution >= 4 is 60.1 Å². The van der Waals surface area contributed by atoms with Gasteiger partial charge in [-0.05, 0) is 48.0 Å². The van der Waals surface area contributed by atoms with E-state index in [2.05, 4.69) is 44.9 Å². The molecular formula is C29H26BrN3O4S. The topological polar surface area (TPSA) is 71.9 Å². The highest BCUT2D eigenvalue weighted by molar-refractivity contribution is 9.10. The van der Waals surface area contributed by atoms with Crippen molar-refractivity contribution in [3.05, 3.63) is 94.1 Å². The molecule has 1 fully saturated rings. The van der Waals surface area contributed by atoms with Crippen LogP contribution in [0.2, 0.25) is 0 Å². The molecule has 9 heteroatoms. The van der Waals surface area contributed by atoms with Crippen molar-refractivity contribution in [2.45, 2.75) is 11.4 Å². The number of anilines is 1. The Hall–Kier alpha value is -3.24. The molecule has 0 aliphatic carbocycles. The second-order valence-corrected chi connectivity index (χ2v) is 12.3. The number of nitrogens with zero attached hydrogens (tertiary/aromatic N) is 3. The van der Waals surface area contributed by atoms with Gasteiger partial charge in [0.1, 0.15) is 0 Å². The number of amides is 1. The zero-order valence-corrected chi connectivity index (χ0v) is 23.2. The van der Waals surface area contributed by atoms with Gasteiger partial charge < -0.3 is 14.2 Å². The average molecular weight is 593 g/mol. The Morgan fingerprint density at radius 3 is 2.50 bits per heavy atom. The van der Waals surface area contributed by atoms with E-state index >= 15 is 0 Å². The van der Waals surface area contributed by atoms with Crippen molar-refractivity contribution < 1.29 is 17.9 Å². The van der Waals surface area contributed by atoms with Gasteiger partial charge in [-0.1, -0.05) is 46.3 Å². The summed E-state index contributed by atoms with van der Waals surface area (Å²) in [5.41, 5.74) is 4.92. The van der Waals surface area contributed by atoms with E-state index in [1.807, 2.05) is 36.4 Å². The van der Waals surface area contributed by atoms with E-state index in [1.165, 1.54) is 4.31 Å². The zero-order valence-electron chi connectivity index (χ0n) is 20.8. The summed E-state index contributed by atoms with van der Waals surface area (Å²) in [5, 5.41) is 1.03. The van der Waals surface area contributed by atoms with Crippen LogP contribution in [0.25, 0.3) is 22.6 Å². The first-order chi connectivity index (χ1) is 18.3. The molecule has 0 N–H and O–H groups in total. The summed E-state index contributed by atoms with van der Waals surface area (Å²) in [5.74, 6) is -0.161. The summed E-state index contributed by atoms with van der Waals surface area (Å²) in [6, 6.07) is 21.3. The van der Waals surface area contributed by atoms with Crippen LogP contribution >= 0.6 is 15.9 Å². The second kappa shape index (κ2) is 9.81. The normalized spacial score (nSPS) is 17.5. The van der Waals surface area contributed by atoms with Gasteiger partial charge in [-0.2, -0.15) is 4.31 Å². The molecule has 0 saturated carbocycles. The van der Waals surface area contributed by atoms with Crippen molar-refractivity contribution in [3.8, 4) is 0 Å². The molecule has 2 aliphatic rings. The highest BCUT2D eigenvalue weighted by Gasteiger charge is 2.33. The standard InChI is InChI=1S/C29H26BrN3O4S/c1-31-27-11-10-23(38(35,36)33-12-14-37-15-13-33)17-25(27)26(29(31)34)16-21-19-32(28-5-3-2-4-24(21)28)18-20-6-8-22(30)9-7-20/h2-11,16-17,19H,12-15,18H2,1H3. The number of fused-ring (bicyclic) bond motifs is 2. The van der Waals surface area contributed by atoms with Gasteiger partial charge in [-0.25, -0.2) is 8.42 Å². The van der Waals surface area contributed by atoms with Crippen molar-refractivity contribution in [2.24, 2.45) is 0 Å². The van der Waals surface area contributed by atoms with Gasteiger partial charge in [-0.3, -0.25) is 4.79 Å². The maximum absolute atomic E-state index is 13.4. The molecule has 0 spiro atoms. The zero-order chi connectivity index (χ0) is 26.4. The fourth-order valence-electron chi connectivity index (χ4n) is 5.13. The third kappa shape index (κ3) is 4.39. The molecule has 0 unspecified atom stereocenters. The first-order valence-electron chi connectivity index (χ1n) is 12.4. The van der Waals surface area contributed by atoms with Gasteiger partial charge in [0.05, 0.1) is 23.8 Å². The molecule has 0 atom stereocenters. The van der Waals surface area contributed by atoms with E-state index in [4.69, 9.17) is 4.74 Å². The maximum atomic E-state index is 13.4. The van der Waals surface area contributed by atoms with Crippen LogP contribution in [0.5, 0.6) is 0 Å². The van der Waals surface area contributed by atoms with Crippen molar-refractivity contribution in [3.63, 3.8) is 0 Å². The molecule has 194 valence electrons. The Balaban J connectivity index is 1.43. The molecule has 1 aromatic heterocycles. The number of likely N-dealkylation sites (N-methyl/N-ethyl adjacent to an activating group) is 1. The number of rotatable bonds is 5. The first kappa shape index (κ1) is 25.1. The molecular weight excluding hydrogens is 566 g/mol. The predicted molar refractivity (Wildman–Crippen MR) is 152 cm³/mol. The lowest BCUT2D eigenvalue weighted by Gasteiger charge is -2.26. The van der Waals surface area contributed by atoms with Crippen LogP contribution in [0.3, 0.4) is 0 Å². The third-order valence-electron chi connectivity index (χ3n) is 7.15. The van der Waals surface area contributed by atoms with E-state index in [0.717, 1.165) is 26.5 Å². The lowest BCUT2D eigenvalue weighted by Crippen LogP contribution is -2.40. The number of carbonyl (C=O) groups is 1. The number of aromatic nitrogens is 1. The Bertz CT molecular complexity index is 1690. The fourth-order valence-corrected chi connectivity index (χ4v) is 6.83. The summed E-state index contributed by atoms with van der Waals surface area (Å²) in [7, 11) is -1.98. The number of para-hydroxylation sites is 1. The summed E-state index contributed by atoms with van der Waals surface area (Å²) < 4.78 is 36.6. The van der Waals surface area contributed by atoms with Crippen LogP contribution in [0, 0.1) is 0 Å². The van der Waals surface area contributed by atoms with Gasteiger partial charge in [0.25, 0.3) is 5.91 Å². The molecule has 3 aromatic carbocycles. The fraction of sp³-hybridized carbons (Fsp3) is 0.207. The maximum Gasteiger partial charge on any atom is 0.258 e. The minimum atomic E-state index is -3.69. The van der Waals surface area contributed by atoms with E-state index in [9.17, 15) is 13.2 Å². The van der Waals surface area contributed by atoms with Gasteiger partial charge >= 0.3 is 0 Å². The highest BCUT2D eigenvalue weighted by atomic mass is 79.9. The summed E-state index contributed by atoms with van der Waals surface area (Å²) >= 11 is 3.49. The number of halogens is 1. The molecule has 7 nitrogen and oxygen atoms in total. The Morgan fingerprint density at radius 2 is 1.74 bits per heavy atom. The molecule has 1 saturated heterocycles. The quantitative estimate of drug-likeness (QED) is 0.307. The number of hydrogen-bond donors (Lipinski definition) is 0. The average Bonchev–Trinajstić information content (AvgIpc) is 3.40. The summed E-state index contributed by atoms with van der Waals surface area (Å²) in [4.78, 5) is 15.1. The number of benzene rings is 3. The lowest BCUT2D eigenvalue weighted by atomic mass is 10.0. The van der Waals surface area contributed by atoms with Gasteiger partial charge in [0.15, 0.2) is 0 Å². The summed E-state index contributed by atoms with van der Waals surface area (Å²) in [6.07, 6.45) is 3.94. The van der Waals surface area contributed by atoms with E-state index in [-0.39, 0.29) is 10.8 Å². The molecule has 3 heterocycles. The lowest BCUT2D eigenvalue weighted by molar-refractivity contribution is -0.112. The molecule has 6 rings (SSSR count). The van der Waals surface area contributed by atoms with Crippen LogP contribution in [-0.4, -0.2) is 56.5 Å². The molecule has 0 bridgehead atoms.